The summed E-state index contributed by atoms with van der Waals surface area (Å²) >= 11 is 0. The summed E-state index contributed by atoms with van der Waals surface area (Å²) in [6.07, 6.45) is -1.36. The molecule has 0 aromatic rings. The van der Waals surface area contributed by atoms with Crippen molar-refractivity contribution in [2.24, 2.45) is 17.2 Å². The Kier molecular flexibility index (Phi) is 5.72. The van der Waals surface area contributed by atoms with Gasteiger partial charge in [-0.3, -0.25) is 19.6 Å². The van der Waals surface area contributed by atoms with Crippen LogP contribution in [0.15, 0.2) is 0 Å². The lowest BCUT2D eigenvalue weighted by atomic mass is 10.1. The molecule has 0 rings (SSSR count). The first kappa shape index (κ1) is 15.8. The van der Waals surface area contributed by atoms with E-state index in [-0.39, 0.29) is 5.06 Å². The number of aliphatic carboxylic acids is 1. The number of hydrogen-bond acceptors (Lipinski definition) is 6. The van der Waals surface area contributed by atoms with Gasteiger partial charge in [-0.2, -0.15) is 0 Å². The minimum absolute atomic E-state index is 0.235. The molecule has 18 heavy (non-hydrogen) atoms. The van der Waals surface area contributed by atoms with Gasteiger partial charge in [0.15, 0.2) is 6.04 Å². The quantitative estimate of drug-likeness (QED) is 0.235. The Morgan fingerprint density at radius 2 is 1.50 bits per heavy atom. The summed E-state index contributed by atoms with van der Waals surface area (Å²) < 4.78 is 0. The van der Waals surface area contributed by atoms with Crippen molar-refractivity contribution in [1.29, 1.82) is 0 Å². The number of carbonyl (C=O) groups is 4. The second-order valence-electron chi connectivity index (χ2n) is 3.48. The third-order valence-electron chi connectivity index (χ3n) is 1.94. The average Bonchev–Trinajstić information content (AvgIpc) is 2.22. The topological polar surface area (TPSA) is 190 Å². The minimum atomic E-state index is -1.87. The monoisotopic (exact) mass is 262 g/mol. The van der Waals surface area contributed by atoms with Gasteiger partial charge in [-0.05, 0) is 0 Å². The summed E-state index contributed by atoms with van der Waals surface area (Å²) in [6.45, 7) is 0. The van der Waals surface area contributed by atoms with Gasteiger partial charge in [-0.25, -0.2) is 9.86 Å². The van der Waals surface area contributed by atoms with Crippen molar-refractivity contribution in [3.63, 3.8) is 0 Å². The number of hydroxylamine groups is 2. The lowest BCUT2D eigenvalue weighted by molar-refractivity contribution is -0.188. The number of amides is 3. The zero-order chi connectivity index (χ0) is 14.5. The number of carboxylic acids is 1. The fourth-order valence-corrected chi connectivity index (χ4v) is 1.10. The Morgan fingerprint density at radius 1 is 1.06 bits per heavy atom. The van der Waals surface area contributed by atoms with Gasteiger partial charge in [0.05, 0.1) is 18.9 Å². The van der Waals surface area contributed by atoms with Crippen molar-refractivity contribution in [1.82, 2.24) is 5.06 Å². The van der Waals surface area contributed by atoms with Crippen molar-refractivity contribution in [3.8, 4) is 0 Å². The Balaban J connectivity index is 4.80. The van der Waals surface area contributed by atoms with E-state index in [0.717, 1.165) is 0 Å². The van der Waals surface area contributed by atoms with Crippen molar-refractivity contribution in [3.05, 3.63) is 0 Å². The van der Waals surface area contributed by atoms with Gasteiger partial charge >= 0.3 is 5.97 Å². The molecule has 0 aliphatic rings. The molecule has 0 saturated carbocycles. The van der Waals surface area contributed by atoms with Crippen LogP contribution in [0, 0.1) is 0 Å². The standard InChI is InChI=1S/C8H14N4O6/c9-3(1-5(10)13)7(15)12(18)4(8(16)17)2-6(11)14/h3-4,18H,1-2,9H2,(H2,10,13)(H2,11,14)(H,16,17)/t3-,4-/m0/s1. The zero-order valence-electron chi connectivity index (χ0n) is 9.28. The van der Waals surface area contributed by atoms with Crippen molar-refractivity contribution in [2.45, 2.75) is 24.9 Å². The first-order valence-electron chi connectivity index (χ1n) is 4.73. The molecule has 10 nitrogen and oxygen atoms in total. The molecule has 8 N–H and O–H groups in total. The molecular formula is C8H14N4O6. The van der Waals surface area contributed by atoms with Gasteiger partial charge in [-0.1, -0.05) is 0 Å². The van der Waals surface area contributed by atoms with Crippen molar-refractivity contribution < 1.29 is 29.5 Å². The van der Waals surface area contributed by atoms with E-state index in [2.05, 4.69) is 0 Å². The van der Waals surface area contributed by atoms with E-state index in [1.807, 2.05) is 0 Å². The number of nitrogens with two attached hydrogens (primary N) is 3. The Bertz CT molecular complexity index is 371. The summed E-state index contributed by atoms with van der Waals surface area (Å²) in [5, 5.41) is 17.8. The maximum atomic E-state index is 11.4. The molecule has 0 aromatic heterocycles. The van der Waals surface area contributed by atoms with Crippen LogP contribution in [0.5, 0.6) is 0 Å². The number of carboxylic acid groups (broad SMARTS) is 1. The van der Waals surface area contributed by atoms with E-state index in [9.17, 15) is 24.4 Å². The molecule has 10 heteroatoms. The maximum Gasteiger partial charge on any atom is 0.329 e. The zero-order valence-corrected chi connectivity index (χ0v) is 9.28. The smallest absolute Gasteiger partial charge is 0.329 e. The molecule has 0 bridgehead atoms. The van der Waals surface area contributed by atoms with Crippen molar-refractivity contribution in [2.75, 3.05) is 0 Å². The predicted octanol–water partition coefficient (Wildman–Crippen LogP) is -3.26. The second-order valence-corrected chi connectivity index (χ2v) is 3.48. The van der Waals surface area contributed by atoms with E-state index >= 15 is 0 Å². The van der Waals surface area contributed by atoms with Gasteiger partial charge < -0.3 is 22.3 Å². The van der Waals surface area contributed by atoms with Crippen molar-refractivity contribution >= 4 is 23.7 Å². The molecule has 2 atom stereocenters. The van der Waals surface area contributed by atoms with Gasteiger partial charge in [0.1, 0.15) is 0 Å². The molecule has 3 amide bonds. The molecule has 0 unspecified atom stereocenters. The van der Waals surface area contributed by atoms with Gasteiger partial charge in [-0.15, -0.1) is 0 Å². The number of hydrogen-bond donors (Lipinski definition) is 5. The molecule has 0 saturated heterocycles. The molecule has 0 heterocycles. The SMILES string of the molecule is NC(=O)C[C@H](N)C(=O)N(O)[C@@H](CC(N)=O)C(=O)O. The second kappa shape index (κ2) is 6.51. The molecule has 0 aromatic carbocycles. The summed E-state index contributed by atoms with van der Waals surface area (Å²) in [6, 6.07) is -3.36. The summed E-state index contributed by atoms with van der Waals surface area (Å²) in [5.74, 6) is -4.82. The van der Waals surface area contributed by atoms with E-state index < -0.39 is 48.6 Å². The highest BCUT2D eigenvalue weighted by Gasteiger charge is 2.33. The van der Waals surface area contributed by atoms with Crippen LogP contribution in [0.1, 0.15) is 12.8 Å². The third kappa shape index (κ3) is 4.76. The molecule has 0 spiro atoms. The van der Waals surface area contributed by atoms with Crippen LogP contribution in [-0.2, 0) is 19.2 Å². The maximum absolute atomic E-state index is 11.4. The highest BCUT2D eigenvalue weighted by Crippen LogP contribution is 2.05. The van der Waals surface area contributed by atoms with E-state index in [0.29, 0.717) is 0 Å². The van der Waals surface area contributed by atoms with Gasteiger partial charge in [0.25, 0.3) is 5.91 Å². The largest absolute Gasteiger partial charge is 0.480 e. The summed E-state index contributed by atoms with van der Waals surface area (Å²) in [4.78, 5) is 43.3. The molecular weight excluding hydrogens is 248 g/mol. The molecule has 0 aliphatic heterocycles. The fourth-order valence-electron chi connectivity index (χ4n) is 1.10. The van der Waals surface area contributed by atoms with Crippen LogP contribution >= 0.6 is 0 Å². The third-order valence-corrected chi connectivity index (χ3v) is 1.94. The van der Waals surface area contributed by atoms with Crippen LogP contribution in [0.2, 0.25) is 0 Å². The number of carbonyl (C=O) groups excluding carboxylic acids is 3. The average molecular weight is 262 g/mol. The Hall–Kier alpha value is -2.20. The van der Waals surface area contributed by atoms with Gasteiger partial charge in [0.2, 0.25) is 11.8 Å². The number of rotatable bonds is 7. The van der Waals surface area contributed by atoms with E-state index in [1.54, 1.807) is 0 Å². The minimum Gasteiger partial charge on any atom is -0.480 e. The van der Waals surface area contributed by atoms with Crippen LogP contribution in [0.4, 0.5) is 0 Å². The summed E-state index contributed by atoms with van der Waals surface area (Å²) in [5.41, 5.74) is 14.8. The normalized spacial score (nSPS) is 13.4. The molecule has 0 aliphatic carbocycles. The van der Waals surface area contributed by atoms with Gasteiger partial charge in [0, 0.05) is 0 Å². The lowest BCUT2D eigenvalue weighted by Crippen LogP contribution is -2.51. The molecule has 102 valence electrons. The van der Waals surface area contributed by atoms with E-state index in [1.165, 1.54) is 0 Å². The van der Waals surface area contributed by atoms with E-state index in [4.69, 9.17) is 22.3 Å². The molecule has 0 fully saturated rings. The highest BCUT2D eigenvalue weighted by molar-refractivity contribution is 5.91. The predicted molar refractivity (Wildman–Crippen MR) is 55.7 cm³/mol. The van der Waals surface area contributed by atoms with Crippen LogP contribution in [-0.4, -0.2) is 51.2 Å². The molecule has 0 radical (unpaired) electrons. The summed E-state index contributed by atoms with van der Waals surface area (Å²) in [7, 11) is 0. The highest BCUT2D eigenvalue weighted by atomic mass is 16.5. The first-order valence-corrected chi connectivity index (χ1v) is 4.73. The van der Waals surface area contributed by atoms with Crippen LogP contribution in [0.25, 0.3) is 0 Å². The Morgan fingerprint density at radius 3 is 1.83 bits per heavy atom. The number of primary amides is 2. The van der Waals surface area contributed by atoms with Crippen LogP contribution < -0.4 is 17.2 Å². The van der Waals surface area contributed by atoms with Crippen LogP contribution in [0.3, 0.4) is 0 Å². The lowest BCUT2D eigenvalue weighted by Gasteiger charge is -2.23. The number of nitrogens with zero attached hydrogens (tertiary/aromatic N) is 1. The Labute approximate surface area is 101 Å². The first-order chi connectivity index (χ1) is 8.16. The fraction of sp³-hybridized carbons (Fsp3) is 0.500.